The van der Waals surface area contributed by atoms with Gasteiger partial charge in [-0.25, -0.2) is 0 Å². The van der Waals surface area contributed by atoms with Gasteiger partial charge in [0.05, 0.1) is 0 Å². The zero-order valence-corrected chi connectivity index (χ0v) is 12.5. The number of benzene rings is 1. The molecular weight excluding hydrogens is 218 g/mol. The van der Waals surface area contributed by atoms with Crippen molar-refractivity contribution in [2.45, 2.75) is 53.5 Å². The van der Waals surface area contributed by atoms with Crippen molar-refractivity contribution < 1.29 is 0 Å². The quantitative estimate of drug-likeness (QED) is 0.815. The molecule has 1 fully saturated rings. The summed E-state index contributed by atoms with van der Waals surface area (Å²) in [7, 11) is 0. The van der Waals surface area contributed by atoms with Gasteiger partial charge in [0.25, 0.3) is 0 Å². The van der Waals surface area contributed by atoms with E-state index in [-0.39, 0.29) is 0 Å². The van der Waals surface area contributed by atoms with Crippen LogP contribution in [0.3, 0.4) is 0 Å². The number of hydrogen-bond donors (Lipinski definition) is 1. The SMILES string of the molecule is CCCNC(c1c(C)cc(C)cc1C)C1CC1C. The third-order valence-electron chi connectivity index (χ3n) is 4.26. The van der Waals surface area contributed by atoms with E-state index in [1.165, 1.54) is 29.5 Å². The first-order chi connectivity index (χ1) is 8.54. The van der Waals surface area contributed by atoms with Crippen LogP contribution in [-0.4, -0.2) is 6.54 Å². The van der Waals surface area contributed by atoms with Crippen LogP contribution in [0.2, 0.25) is 0 Å². The molecule has 2 rings (SSSR count). The largest absolute Gasteiger partial charge is 0.310 e. The van der Waals surface area contributed by atoms with Gasteiger partial charge in [0.1, 0.15) is 0 Å². The van der Waals surface area contributed by atoms with Crippen LogP contribution >= 0.6 is 0 Å². The molecule has 0 aliphatic heterocycles. The topological polar surface area (TPSA) is 12.0 Å². The first-order valence-electron chi connectivity index (χ1n) is 7.35. The maximum absolute atomic E-state index is 3.78. The highest BCUT2D eigenvalue weighted by atomic mass is 14.9. The smallest absolute Gasteiger partial charge is 0.0356 e. The van der Waals surface area contributed by atoms with Gasteiger partial charge in [0.15, 0.2) is 0 Å². The molecule has 0 heterocycles. The van der Waals surface area contributed by atoms with Crippen LogP contribution in [0.1, 0.15) is 55.0 Å². The molecule has 0 amide bonds. The average molecular weight is 245 g/mol. The van der Waals surface area contributed by atoms with Crippen LogP contribution in [0.5, 0.6) is 0 Å². The summed E-state index contributed by atoms with van der Waals surface area (Å²) >= 11 is 0. The fraction of sp³-hybridized carbons (Fsp3) is 0.647. The Morgan fingerprint density at radius 2 is 1.78 bits per heavy atom. The molecule has 3 unspecified atom stereocenters. The fourth-order valence-corrected chi connectivity index (χ4v) is 3.26. The third-order valence-corrected chi connectivity index (χ3v) is 4.26. The minimum Gasteiger partial charge on any atom is -0.310 e. The van der Waals surface area contributed by atoms with E-state index >= 15 is 0 Å². The van der Waals surface area contributed by atoms with Crippen molar-refractivity contribution in [3.63, 3.8) is 0 Å². The van der Waals surface area contributed by atoms with Gasteiger partial charge in [-0.3, -0.25) is 0 Å². The average Bonchev–Trinajstić information content (AvgIpc) is 2.99. The Labute approximate surface area is 112 Å². The highest BCUT2D eigenvalue weighted by Gasteiger charge is 2.40. The van der Waals surface area contributed by atoms with Crippen LogP contribution in [0.15, 0.2) is 12.1 Å². The number of aryl methyl sites for hydroxylation is 3. The van der Waals surface area contributed by atoms with Gasteiger partial charge in [0, 0.05) is 6.04 Å². The molecule has 1 nitrogen and oxygen atoms in total. The summed E-state index contributed by atoms with van der Waals surface area (Å²) in [6.07, 6.45) is 2.59. The van der Waals surface area contributed by atoms with E-state index in [9.17, 15) is 0 Å². The Bertz CT molecular complexity index is 399. The zero-order chi connectivity index (χ0) is 13.3. The summed E-state index contributed by atoms with van der Waals surface area (Å²) in [6.45, 7) is 12.5. The second kappa shape index (κ2) is 5.44. The van der Waals surface area contributed by atoms with Crippen LogP contribution in [-0.2, 0) is 0 Å². The summed E-state index contributed by atoms with van der Waals surface area (Å²) < 4.78 is 0. The van der Waals surface area contributed by atoms with Crippen LogP contribution in [0, 0.1) is 32.6 Å². The Hall–Kier alpha value is -0.820. The molecule has 1 aliphatic carbocycles. The molecule has 18 heavy (non-hydrogen) atoms. The Morgan fingerprint density at radius 3 is 2.22 bits per heavy atom. The van der Waals surface area contributed by atoms with Crippen LogP contribution < -0.4 is 5.32 Å². The van der Waals surface area contributed by atoms with Gasteiger partial charge in [-0.2, -0.15) is 0 Å². The van der Waals surface area contributed by atoms with E-state index in [0.29, 0.717) is 6.04 Å². The summed E-state index contributed by atoms with van der Waals surface area (Å²) in [5.41, 5.74) is 5.86. The van der Waals surface area contributed by atoms with Crippen LogP contribution in [0.4, 0.5) is 0 Å². The molecule has 1 aromatic carbocycles. The van der Waals surface area contributed by atoms with Crippen molar-refractivity contribution in [1.82, 2.24) is 5.32 Å². The van der Waals surface area contributed by atoms with Gasteiger partial charge in [-0.15, -0.1) is 0 Å². The number of nitrogens with one attached hydrogen (secondary N) is 1. The lowest BCUT2D eigenvalue weighted by Crippen LogP contribution is -2.26. The van der Waals surface area contributed by atoms with E-state index < -0.39 is 0 Å². The lowest BCUT2D eigenvalue weighted by atomic mass is 9.91. The molecular formula is C17H27N. The zero-order valence-electron chi connectivity index (χ0n) is 12.5. The Morgan fingerprint density at radius 1 is 1.22 bits per heavy atom. The second-order valence-corrected chi connectivity index (χ2v) is 6.12. The molecule has 0 aromatic heterocycles. The van der Waals surface area contributed by atoms with E-state index in [1.807, 2.05) is 0 Å². The van der Waals surface area contributed by atoms with Crippen molar-refractivity contribution in [1.29, 1.82) is 0 Å². The van der Waals surface area contributed by atoms with Gasteiger partial charge in [-0.1, -0.05) is 31.5 Å². The summed E-state index contributed by atoms with van der Waals surface area (Å²) in [5, 5.41) is 3.78. The van der Waals surface area contributed by atoms with Crippen molar-refractivity contribution in [3.8, 4) is 0 Å². The standard InChI is InChI=1S/C17H27N/c1-6-7-18-17(15-10-12(15)3)16-13(4)8-11(2)9-14(16)5/h8-9,12,15,17-18H,6-7,10H2,1-5H3. The first kappa shape index (κ1) is 13.6. The highest BCUT2D eigenvalue weighted by molar-refractivity contribution is 5.40. The van der Waals surface area contributed by atoms with Gasteiger partial charge in [0.2, 0.25) is 0 Å². The van der Waals surface area contributed by atoms with Crippen molar-refractivity contribution >= 4 is 0 Å². The maximum atomic E-state index is 3.78. The predicted molar refractivity (Wildman–Crippen MR) is 79.0 cm³/mol. The molecule has 100 valence electrons. The normalized spacial score (nSPS) is 24.1. The molecule has 1 aliphatic rings. The molecule has 3 atom stereocenters. The van der Waals surface area contributed by atoms with E-state index in [1.54, 1.807) is 5.56 Å². The Balaban J connectivity index is 2.30. The molecule has 0 spiro atoms. The lowest BCUT2D eigenvalue weighted by molar-refractivity contribution is 0.459. The fourth-order valence-electron chi connectivity index (χ4n) is 3.26. The van der Waals surface area contributed by atoms with Crippen molar-refractivity contribution in [2.24, 2.45) is 11.8 Å². The molecule has 1 saturated carbocycles. The van der Waals surface area contributed by atoms with Crippen molar-refractivity contribution in [3.05, 3.63) is 34.4 Å². The summed E-state index contributed by atoms with van der Waals surface area (Å²) in [5.74, 6) is 1.73. The number of hydrogen-bond acceptors (Lipinski definition) is 1. The highest BCUT2D eigenvalue weighted by Crippen LogP contribution is 2.48. The molecule has 1 N–H and O–H groups in total. The third kappa shape index (κ3) is 2.77. The lowest BCUT2D eigenvalue weighted by Gasteiger charge is -2.24. The van der Waals surface area contributed by atoms with E-state index in [0.717, 1.165) is 18.4 Å². The minimum absolute atomic E-state index is 0.570. The maximum Gasteiger partial charge on any atom is 0.0356 e. The van der Waals surface area contributed by atoms with Gasteiger partial charge >= 0.3 is 0 Å². The summed E-state index contributed by atoms with van der Waals surface area (Å²) in [4.78, 5) is 0. The molecule has 1 aromatic rings. The monoisotopic (exact) mass is 245 g/mol. The molecule has 0 radical (unpaired) electrons. The molecule has 0 saturated heterocycles. The first-order valence-corrected chi connectivity index (χ1v) is 7.35. The van der Waals surface area contributed by atoms with Crippen LogP contribution in [0.25, 0.3) is 0 Å². The van der Waals surface area contributed by atoms with E-state index in [2.05, 4.69) is 52.1 Å². The van der Waals surface area contributed by atoms with Crippen molar-refractivity contribution in [2.75, 3.05) is 6.54 Å². The molecule has 1 heteroatoms. The van der Waals surface area contributed by atoms with Gasteiger partial charge < -0.3 is 5.32 Å². The predicted octanol–water partition coefficient (Wildman–Crippen LogP) is 4.31. The summed E-state index contributed by atoms with van der Waals surface area (Å²) in [6, 6.07) is 5.23. The Kier molecular flexibility index (Phi) is 4.11. The second-order valence-electron chi connectivity index (χ2n) is 6.12. The molecule has 0 bridgehead atoms. The number of rotatable bonds is 5. The van der Waals surface area contributed by atoms with E-state index in [4.69, 9.17) is 0 Å². The minimum atomic E-state index is 0.570. The van der Waals surface area contributed by atoms with Gasteiger partial charge in [-0.05, 0) is 68.7 Å².